The Balaban J connectivity index is 1.79. The van der Waals surface area contributed by atoms with E-state index in [1.54, 1.807) is 39.5 Å². The lowest BCUT2D eigenvalue weighted by Crippen LogP contribution is -2.34. The van der Waals surface area contributed by atoms with Gasteiger partial charge in [0.25, 0.3) is 0 Å². The van der Waals surface area contributed by atoms with Crippen LogP contribution in [0.1, 0.15) is 5.56 Å². The SMILES string of the molecule is COCCN1COc2ccc3cc(-c4ccc(OC)cc4OC)c(=O)oc3c2C1. The van der Waals surface area contributed by atoms with Crippen molar-refractivity contribution in [3.63, 3.8) is 0 Å². The fraction of sp³-hybridized carbons (Fsp3) is 0.318. The highest BCUT2D eigenvalue weighted by Gasteiger charge is 2.22. The number of hydrogen-bond donors (Lipinski definition) is 0. The molecule has 152 valence electrons. The van der Waals surface area contributed by atoms with Gasteiger partial charge in [-0.15, -0.1) is 0 Å². The number of ether oxygens (including phenoxy) is 4. The Morgan fingerprint density at radius 1 is 1.03 bits per heavy atom. The molecule has 1 aliphatic rings. The third-order valence-corrected chi connectivity index (χ3v) is 5.06. The van der Waals surface area contributed by atoms with E-state index in [1.165, 1.54) is 0 Å². The van der Waals surface area contributed by atoms with Gasteiger partial charge in [-0.25, -0.2) is 4.79 Å². The van der Waals surface area contributed by atoms with Crippen molar-refractivity contribution in [2.24, 2.45) is 0 Å². The molecule has 1 aromatic heterocycles. The molecule has 1 aliphatic heterocycles. The molecule has 0 atom stereocenters. The van der Waals surface area contributed by atoms with Crippen LogP contribution in [0.5, 0.6) is 17.2 Å². The van der Waals surface area contributed by atoms with Gasteiger partial charge in [-0.05, 0) is 30.3 Å². The lowest BCUT2D eigenvalue weighted by molar-refractivity contribution is 0.0658. The average molecular weight is 397 g/mol. The fourth-order valence-corrected chi connectivity index (χ4v) is 3.51. The number of benzene rings is 2. The van der Waals surface area contributed by atoms with Crippen LogP contribution in [0.3, 0.4) is 0 Å². The minimum absolute atomic E-state index is 0.427. The van der Waals surface area contributed by atoms with Crippen LogP contribution in [-0.2, 0) is 11.3 Å². The van der Waals surface area contributed by atoms with Crippen LogP contribution >= 0.6 is 0 Å². The Labute approximate surface area is 168 Å². The first kappa shape index (κ1) is 19.3. The molecule has 29 heavy (non-hydrogen) atoms. The molecule has 0 spiro atoms. The van der Waals surface area contributed by atoms with Gasteiger partial charge in [0.1, 0.15) is 29.6 Å². The van der Waals surface area contributed by atoms with Crippen LogP contribution in [0.15, 0.2) is 45.6 Å². The highest BCUT2D eigenvalue weighted by molar-refractivity contribution is 5.87. The second kappa shape index (κ2) is 8.14. The maximum absolute atomic E-state index is 12.9. The van der Waals surface area contributed by atoms with Gasteiger partial charge in [-0.1, -0.05) is 0 Å². The molecular weight excluding hydrogens is 374 g/mol. The van der Waals surface area contributed by atoms with Gasteiger partial charge in [0.15, 0.2) is 0 Å². The Kier molecular flexibility index (Phi) is 5.42. The van der Waals surface area contributed by atoms with E-state index >= 15 is 0 Å². The number of rotatable bonds is 6. The Morgan fingerprint density at radius 2 is 1.90 bits per heavy atom. The molecule has 0 radical (unpaired) electrons. The number of hydrogen-bond acceptors (Lipinski definition) is 7. The predicted octanol–water partition coefficient (Wildman–Crippen LogP) is 3.28. The average Bonchev–Trinajstić information content (AvgIpc) is 2.76. The van der Waals surface area contributed by atoms with Gasteiger partial charge >= 0.3 is 5.63 Å². The van der Waals surface area contributed by atoms with Crippen LogP contribution in [0.25, 0.3) is 22.1 Å². The van der Waals surface area contributed by atoms with E-state index < -0.39 is 5.63 Å². The third kappa shape index (κ3) is 3.66. The summed E-state index contributed by atoms with van der Waals surface area (Å²) in [4.78, 5) is 15.0. The molecule has 0 fully saturated rings. The van der Waals surface area contributed by atoms with Crippen molar-refractivity contribution in [3.05, 3.63) is 52.4 Å². The van der Waals surface area contributed by atoms with E-state index in [9.17, 15) is 4.79 Å². The van der Waals surface area contributed by atoms with Gasteiger partial charge in [-0.3, -0.25) is 4.90 Å². The molecule has 0 saturated carbocycles. The smallest absolute Gasteiger partial charge is 0.344 e. The summed E-state index contributed by atoms with van der Waals surface area (Å²) in [5.74, 6) is 1.94. The highest BCUT2D eigenvalue weighted by atomic mass is 16.5. The number of nitrogens with zero attached hydrogens (tertiary/aromatic N) is 1. The molecule has 2 heterocycles. The zero-order valence-electron chi connectivity index (χ0n) is 16.7. The van der Waals surface area contributed by atoms with E-state index in [0.29, 0.717) is 48.1 Å². The zero-order chi connectivity index (χ0) is 20.4. The Bertz CT molecular complexity index is 1090. The lowest BCUT2D eigenvalue weighted by Gasteiger charge is -2.29. The molecular formula is C22H23NO6. The van der Waals surface area contributed by atoms with E-state index in [0.717, 1.165) is 23.2 Å². The summed E-state index contributed by atoms with van der Waals surface area (Å²) < 4.78 is 27.4. The monoisotopic (exact) mass is 397 g/mol. The normalized spacial score (nSPS) is 13.8. The molecule has 0 saturated heterocycles. The van der Waals surface area contributed by atoms with Crippen LogP contribution in [0.2, 0.25) is 0 Å². The quantitative estimate of drug-likeness (QED) is 0.591. The number of fused-ring (bicyclic) bond motifs is 3. The first-order chi connectivity index (χ1) is 14.1. The van der Waals surface area contributed by atoms with Crippen molar-refractivity contribution in [1.82, 2.24) is 4.90 Å². The predicted molar refractivity (Wildman–Crippen MR) is 109 cm³/mol. The third-order valence-electron chi connectivity index (χ3n) is 5.06. The van der Waals surface area contributed by atoms with Crippen LogP contribution in [0.4, 0.5) is 0 Å². The zero-order valence-corrected chi connectivity index (χ0v) is 16.7. The summed E-state index contributed by atoms with van der Waals surface area (Å²) in [7, 11) is 4.81. The lowest BCUT2D eigenvalue weighted by atomic mass is 10.0. The summed E-state index contributed by atoms with van der Waals surface area (Å²) in [5.41, 5.74) is 2.08. The summed E-state index contributed by atoms with van der Waals surface area (Å²) in [5, 5.41) is 0.827. The molecule has 0 unspecified atom stereocenters. The van der Waals surface area contributed by atoms with Crippen molar-refractivity contribution >= 4 is 11.0 Å². The summed E-state index contributed by atoms with van der Waals surface area (Å²) in [6.07, 6.45) is 0. The summed E-state index contributed by atoms with van der Waals surface area (Å²) in [6.45, 7) is 2.45. The Hall–Kier alpha value is -3.03. The van der Waals surface area contributed by atoms with Crippen LogP contribution < -0.4 is 19.8 Å². The summed E-state index contributed by atoms with van der Waals surface area (Å²) in [6, 6.07) is 11.0. The molecule has 0 N–H and O–H groups in total. The van der Waals surface area contributed by atoms with Gasteiger partial charge in [0.05, 0.1) is 32.0 Å². The van der Waals surface area contributed by atoms with Crippen LogP contribution in [0, 0.1) is 0 Å². The van der Waals surface area contributed by atoms with E-state index in [4.69, 9.17) is 23.4 Å². The van der Waals surface area contributed by atoms with Crippen molar-refractivity contribution in [2.75, 3.05) is 41.2 Å². The van der Waals surface area contributed by atoms with Crippen LogP contribution in [-0.4, -0.2) is 46.1 Å². The van der Waals surface area contributed by atoms with Crippen molar-refractivity contribution < 1.29 is 23.4 Å². The molecule has 7 nitrogen and oxygen atoms in total. The molecule has 0 bridgehead atoms. The van der Waals surface area contributed by atoms with Gasteiger partial charge < -0.3 is 23.4 Å². The largest absolute Gasteiger partial charge is 0.497 e. The molecule has 3 aromatic rings. The second-order valence-corrected chi connectivity index (χ2v) is 6.79. The molecule has 0 aliphatic carbocycles. The molecule has 0 amide bonds. The minimum atomic E-state index is -0.427. The standard InChI is InChI=1S/C22H23NO6/c1-25-9-8-23-12-18-19(28-13-23)7-4-14-10-17(22(24)29-21(14)18)16-6-5-15(26-2)11-20(16)27-3/h4-7,10-11H,8-9,12-13H2,1-3H3. The van der Waals surface area contributed by atoms with E-state index in [2.05, 4.69) is 4.90 Å². The number of methoxy groups -OCH3 is 3. The van der Waals surface area contributed by atoms with E-state index in [-0.39, 0.29) is 0 Å². The van der Waals surface area contributed by atoms with Gasteiger partial charge in [0.2, 0.25) is 0 Å². The van der Waals surface area contributed by atoms with E-state index in [1.807, 2.05) is 18.2 Å². The topological polar surface area (TPSA) is 70.4 Å². The molecule has 4 rings (SSSR count). The van der Waals surface area contributed by atoms with Crippen molar-refractivity contribution in [3.8, 4) is 28.4 Å². The maximum Gasteiger partial charge on any atom is 0.344 e. The second-order valence-electron chi connectivity index (χ2n) is 6.79. The maximum atomic E-state index is 12.9. The summed E-state index contributed by atoms with van der Waals surface area (Å²) >= 11 is 0. The van der Waals surface area contributed by atoms with Gasteiger partial charge in [0, 0.05) is 37.2 Å². The molecule has 7 heteroatoms. The fourth-order valence-electron chi connectivity index (χ4n) is 3.51. The minimum Gasteiger partial charge on any atom is -0.497 e. The van der Waals surface area contributed by atoms with Crippen molar-refractivity contribution in [2.45, 2.75) is 6.54 Å². The first-order valence-corrected chi connectivity index (χ1v) is 9.31. The first-order valence-electron chi connectivity index (χ1n) is 9.31. The van der Waals surface area contributed by atoms with Crippen molar-refractivity contribution in [1.29, 1.82) is 0 Å². The highest BCUT2D eigenvalue weighted by Crippen LogP contribution is 2.36. The molecule has 2 aromatic carbocycles. The Morgan fingerprint density at radius 3 is 2.66 bits per heavy atom. The van der Waals surface area contributed by atoms with Gasteiger partial charge in [-0.2, -0.15) is 0 Å².